The fourth-order valence-corrected chi connectivity index (χ4v) is 4.49. The van der Waals surface area contributed by atoms with Crippen LogP contribution in [-0.4, -0.2) is 41.1 Å². The van der Waals surface area contributed by atoms with Gasteiger partial charge in [-0.05, 0) is 68.4 Å². The Bertz CT molecular complexity index is 1180. The number of pyridine rings is 1. The molecular formula is C27H34N4O2. The zero-order valence-electron chi connectivity index (χ0n) is 19.6. The number of fused-ring (bicyclic) bond motifs is 1. The van der Waals surface area contributed by atoms with Crippen molar-refractivity contribution in [3.05, 3.63) is 70.0 Å². The van der Waals surface area contributed by atoms with E-state index in [2.05, 4.69) is 59.6 Å². The molecule has 6 nitrogen and oxygen atoms in total. The number of piperidine rings is 1. The first-order chi connectivity index (χ1) is 15.9. The highest BCUT2D eigenvalue weighted by atomic mass is 16.1. The van der Waals surface area contributed by atoms with Gasteiger partial charge in [-0.1, -0.05) is 48.4 Å². The van der Waals surface area contributed by atoms with Gasteiger partial charge in [0, 0.05) is 25.2 Å². The molecule has 0 bridgehead atoms. The van der Waals surface area contributed by atoms with E-state index < -0.39 is 11.9 Å². The SMILES string of the molecule is Cc1ccc(-c2ccc3cc(CN[C@@H](C)C(N)=O)c(=O)n(CCN4CCCCC4)c3c2)cc1. The first-order valence-electron chi connectivity index (χ1n) is 11.9. The summed E-state index contributed by atoms with van der Waals surface area (Å²) >= 11 is 0. The summed E-state index contributed by atoms with van der Waals surface area (Å²) in [7, 11) is 0. The minimum Gasteiger partial charge on any atom is -0.368 e. The van der Waals surface area contributed by atoms with E-state index in [9.17, 15) is 9.59 Å². The third-order valence-electron chi connectivity index (χ3n) is 6.67. The molecule has 1 aliphatic rings. The number of benzene rings is 2. The van der Waals surface area contributed by atoms with Crippen LogP contribution in [0.5, 0.6) is 0 Å². The molecule has 6 heteroatoms. The molecule has 0 aliphatic carbocycles. The number of carbonyl (C=O) groups is 1. The van der Waals surface area contributed by atoms with Crippen molar-refractivity contribution in [3.63, 3.8) is 0 Å². The molecule has 2 aromatic carbocycles. The van der Waals surface area contributed by atoms with Gasteiger partial charge in [0.1, 0.15) is 0 Å². The molecule has 3 N–H and O–H groups in total. The Hall–Kier alpha value is -2.96. The summed E-state index contributed by atoms with van der Waals surface area (Å²) < 4.78 is 1.91. The summed E-state index contributed by atoms with van der Waals surface area (Å²) in [4.78, 5) is 27.4. The number of rotatable bonds is 8. The Morgan fingerprint density at radius 1 is 1.00 bits per heavy atom. The summed E-state index contributed by atoms with van der Waals surface area (Å²) in [5, 5.41) is 4.10. The van der Waals surface area contributed by atoms with Crippen molar-refractivity contribution in [1.29, 1.82) is 0 Å². The van der Waals surface area contributed by atoms with E-state index in [0.29, 0.717) is 18.7 Å². The fraction of sp³-hybridized carbons (Fsp3) is 0.407. The Balaban J connectivity index is 1.72. The van der Waals surface area contributed by atoms with Crippen molar-refractivity contribution in [2.45, 2.75) is 52.2 Å². The molecule has 1 atom stereocenters. The highest BCUT2D eigenvalue weighted by Crippen LogP contribution is 2.25. The molecule has 3 aromatic rings. The molecule has 0 unspecified atom stereocenters. The van der Waals surface area contributed by atoms with E-state index in [1.54, 1.807) is 6.92 Å². The van der Waals surface area contributed by atoms with Crippen LogP contribution in [0.1, 0.15) is 37.3 Å². The van der Waals surface area contributed by atoms with Crippen molar-refractivity contribution in [2.24, 2.45) is 5.73 Å². The van der Waals surface area contributed by atoms with Gasteiger partial charge in [-0.15, -0.1) is 0 Å². The summed E-state index contributed by atoms with van der Waals surface area (Å²) in [5.74, 6) is -0.427. The first kappa shape index (κ1) is 23.2. The topological polar surface area (TPSA) is 80.4 Å². The number of aromatic nitrogens is 1. The molecule has 2 heterocycles. The van der Waals surface area contributed by atoms with Crippen LogP contribution in [0.2, 0.25) is 0 Å². The number of likely N-dealkylation sites (tertiary alicyclic amines) is 1. The number of primary amides is 1. The van der Waals surface area contributed by atoms with Crippen LogP contribution in [-0.2, 0) is 17.9 Å². The zero-order valence-corrected chi connectivity index (χ0v) is 19.6. The second kappa shape index (κ2) is 10.3. The smallest absolute Gasteiger partial charge is 0.255 e. The van der Waals surface area contributed by atoms with Gasteiger partial charge in [-0.2, -0.15) is 0 Å². The predicted molar refractivity (Wildman–Crippen MR) is 134 cm³/mol. The molecule has 174 valence electrons. The number of aryl methyl sites for hydroxylation is 1. The maximum Gasteiger partial charge on any atom is 0.255 e. The van der Waals surface area contributed by atoms with Crippen molar-refractivity contribution >= 4 is 16.8 Å². The Morgan fingerprint density at radius 3 is 2.39 bits per heavy atom. The lowest BCUT2D eigenvalue weighted by Crippen LogP contribution is -2.40. The summed E-state index contributed by atoms with van der Waals surface area (Å²) in [6.07, 6.45) is 3.74. The molecule has 0 radical (unpaired) electrons. The normalized spacial score (nSPS) is 15.6. The number of hydrogen-bond acceptors (Lipinski definition) is 4. The van der Waals surface area contributed by atoms with Crippen molar-refractivity contribution in [1.82, 2.24) is 14.8 Å². The van der Waals surface area contributed by atoms with Crippen LogP contribution in [0.15, 0.2) is 53.3 Å². The number of amides is 1. The largest absolute Gasteiger partial charge is 0.368 e. The third kappa shape index (κ3) is 5.52. The molecular weight excluding hydrogens is 412 g/mol. The average Bonchev–Trinajstić information content (AvgIpc) is 2.83. The van der Waals surface area contributed by atoms with E-state index in [1.165, 1.54) is 24.8 Å². The highest BCUT2D eigenvalue weighted by molar-refractivity contribution is 5.85. The lowest BCUT2D eigenvalue weighted by molar-refractivity contribution is -0.119. The van der Waals surface area contributed by atoms with Crippen LogP contribution in [0.4, 0.5) is 0 Å². The van der Waals surface area contributed by atoms with Gasteiger partial charge in [-0.3, -0.25) is 9.59 Å². The highest BCUT2D eigenvalue weighted by Gasteiger charge is 2.15. The van der Waals surface area contributed by atoms with Crippen molar-refractivity contribution < 1.29 is 4.79 Å². The minimum absolute atomic E-state index is 0.00950. The van der Waals surface area contributed by atoms with E-state index in [1.807, 2.05) is 10.6 Å². The van der Waals surface area contributed by atoms with Gasteiger partial charge in [0.15, 0.2) is 0 Å². The van der Waals surface area contributed by atoms with Gasteiger partial charge >= 0.3 is 0 Å². The van der Waals surface area contributed by atoms with E-state index in [4.69, 9.17) is 5.73 Å². The Kier molecular flexibility index (Phi) is 7.26. The van der Waals surface area contributed by atoms with Crippen LogP contribution in [0.25, 0.3) is 22.0 Å². The summed E-state index contributed by atoms with van der Waals surface area (Å²) in [6.45, 7) is 7.80. The number of hydrogen-bond donors (Lipinski definition) is 2. The first-order valence-corrected chi connectivity index (χ1v) is 11.9. The van der Waals surface area contributed by atoms with E-state index in [-0.39, 0.29) is 5.56 Å². The predicted octanol–water partition coefficient (Wildman–Crippen LogP) is 3.43. The standard InChI is InChI=1S/C27H34N4O2/c1-19-6-8-21(9-7-19)22-10-11-23-16-24(18-29-20(2)26(28)32)27(33)31(25(23)17-22)15-14-30-12-4-3-5-13-30/h6-11,16-17,20,29H,3-5,12-15,18H2,1-2H3,(H2,28,32)/t20-/m0/s1. The zero-order chi connectivity index (χ0) is 23.4. The molecule has 1 amide bonds. The van der Waals surface area contributed by atoms with Gasteiger partial charge in [0.2, 0.25) is 5.91 Å². The van der Waals surface area contributed by atoms with Gasteiger partial charge in [0.05, 0.1) is 11.6 Å². The molecule has 4 rings (SSSR count). The second-order valence-electron chi connectivity index (χ2n) is 9.17. The maximum atomic E-state index is 13.5. The molecule has 1 saturated heterocycles. The second-order valence-corrected chi connectivity index (χ2v) is 9.17. The number of nitrogens with one attached hydrogen (secondary N) is 1. The van der Waals surface area contributed by atoms with Gasteiger partial charge in [-0.25, -0.2) is 0 Å². The third-order valence-corrected chi connectivity index (χ3v) is 6.67. The molecule has 0 saturated carbocycles. The van der Waals surface area contributed by atoms with Crippen LogP contribution in [0.3, 0.4) is 0 Å². The summed E-state index contributed by atoms with van der Waals surface area (Å²) in [6, 6.07) is 16.2. The molecule has 33 heavy (non-hydrogen) atoms. The Morgan fingerprint density at radius 2 is 1.70 bits per heavy atom. The monoisotopic (exact) mass is 446 g/mol. The van der Waals surface area contributed by atoms with Crippen LogP contribution >= 0.6 is 0 Å². The number of nitrogens with zero attached hydrogens (tertiary/aromatic N) is 2. The van der Waals surface area contributed by atoms with Crippen LogP contribution < -0.4 is 16.6 Å². The minimum atomic E-state index is -0.495. The van der Waals surface area contributed by atoms with E-state index >= 15 is 0 Å². The van der Waals surface area contributed by atoms with Crippen LogP contribution in [0, 0.1) is 6.92 Å². The lowest BCUT2D eigenvalue weighted by Gasteiger charge is -2.27. The maximum absolute atomic E-state index is 13.5. The lowest BCUT2D eigenvalue weighted by atomic mass is 10.0. The number of carbonyl (C=O) groups excluding carboxylic acids is 1. The molecule has 0 spiro atoms. The summed E-state index contributed by atoms with van der Waals surface area (Å²) in [5.41, 5.74) is 10.4. The fourth-order valence-electron chi connectivity index (χ4n) is 4.49. The Labute approximate surface area is 195 Å². The molecule has 1 aromatic heterocycles. The molecule has 1 aliphatic heterocycles. The van der Waals surface area contributed by atoms with Gasteiger partial charge in [0.25, 0.3) is 5.56 Å². The van der Waals surface area contributed by atoms with Crippen molar-refractivity contribution in [2.75, 3.05) is 19.6 Å². The van der Waals surface area contributed by atoms with Crippen molar-refractivity contribution in [3.8, 4) is 11.1 Å². The van der Waals surface area contributed by atoms with E-state index in [0.717, 1.165) is 41.7 Å². The average molecular weight is 447 g/mol. The quantitative estimate of drug-likeness (QED) is 0.556. The molecule has 1 fully saturated rings. The van der Waals surface area contributed by atoms with Gasteiger partial charge < -0.3 is 20.5 Å². The number of nitrogens with two attached hydrogens (primary N) is 1.